The molecule has 0 heterocycles. The predicted molar refractivity (Wildman–Crippen MR) is 144 cm³/mol. The van der Waals surface area contributed by atoms with Gasteiger partial charge in [-0.15, -0.1) is 0 Å². The molecule has 2 aromatic rings. The highest BCUT2D eigenvalue weighted by molar-refractivity contribution is 7.92. The minimum atomic E-state index is -3.59. The Kier molecular flexibility index (Phi) is 10.2. The lowest BCUT2D eigenvalue weighted by Gasteiger charge is -2.32. The van der Waals surface area contributed by atoms with Crippen LogP contribution in [0.5, 0.6) is 5.75 Å². The van der Waals surface area contributed by atoms with E-state index in [1.54, 1.807) is 44.4 Å². The Morgan fingerprint density at radius 2 is 1.78 bits per heavy atom. The van der Waals surface area contributed by atoms with Gasteiger partial charge in [0.2, 0.25) is 21.8 Å². The van der Waals surface area contributed by atoms with Crippen LogP contribution in [0.15, 0.2) is 48.5 Å². The second-order valence-electron chi connectivity index (χ2n) is 9.71. The zero-order valence-corrected chi connectivity index (χ0v) is 23.3. The van der Waals surface area contributed by atoms with Crippen LogP contribution in [-0.4, -0.2) is 56.6 Å². The molecule has 0 aliphatic heterocycles. The number of ether oxygens (including phenoxy) is 1. The number of nitrogens with one attached hydrogen (secondary N) is 1. The van der Waals surface area contributed by atoms with E-state index in [1.165, 1.54) is 9.21 Å². The number of hydrogen-bond donors (Lipinski definition) is 1. The van der Waals surface area contributed by atoms with Crippen LogP contribution in [-0.2, 0) is 26.2 Å². The average Bonchev–Trinajstić information content (AvgIpc) is 2.77. The molecular weight excluding hydrogens is 502 g/mol. The molecule has 0 bridgehead atoms. The standard InChI is InChI=1S/C26H36ClN3O5S/c1-19(25(32)28-26(2,3)4)29(18-20-10-7-13-23(16-20)35-5)24(31)14-9-15-30(36(6,33)34)22-12-8-11-21(27)17-22/h7-8,10-13,16-17,19H,9,14-15,18H2,1-6H3,(H,28,32)/t19-/m1/s1. The lowest BCUT2D eigenvalue weighted by molar-refractivity contribution is -0.141. The SMILES string of the molecule is COc1cccc(CN(C(=O)CCCN(c2cccc(Cl)c2)S(C)(=O)=O)[C@H](C)C(=O)NC(C)(C)C)c1. The van der Waals surface area contributed by atoms with Crippen LogP contribution in [0.1, 0.15) is 46.1 Å². The normalized spacial score (nSPS) is 12.5. The third-order valence-corrected chi connectivity index (χ3v) is 6.83. The van der Waals surface area contributed by atoms with Crippen molar-refractivity contribution in [2.24, 2.45) is 0 Å². The molecule has 1 N–H and O–H groups in total. The highest BCUT2D eigenvalue weighted by Gasteiger charge is 2.28. The van der Waals surface area contributed by atoms with Gasteiger partial charge in [0, 0.05) is 30.1 Å². The van der Waals surface area contributed by atoms with Crippen LogP contribution in [0, 0.1) is 0 Å². The van der Waals surface area contributed by atoms with Gasteiger partial charge in [0.1, 0.15) is 11.8 Å². The van der Waals surface area contributed by atoms with Crippen LogP contribution in [0.25, 0.3) is 0 Å². The molecule has 10 heteroatoms. The number of benzene rings is 2. The summed E-state index contributed by atoms with van der Waals surface area (Å²) in [5.74, 6) is 0.126. The van der Waals surface area contributed by atoms with Gasteiger partial charge in [-0.25, -0.2) is 8.42 Å². The summed E-state index contributed by atoms with van der Waals surface area (Å²) in [6.07, 6.45) is 1.44. The molecule has 0 aliphatic rings. The number of carbonyl (C=O) groups excluding carboxylic acids is 2. The van der Waals surface area contributed by atoms with Crippen molar-refractivity contribution in [2.45, 2.75) is 58.7 Å². The van der Waals surface area contributed by atoms with Crippen LogP contribution >= 0.6 is 11.6 Å². The molecule has 0 aliphatic carbocycles. The summed E-state index contributed by atoms with van der Waals surface area (Å²) in [6, 6.07) is 13.1. The van der Waals surface area contributed by atoms with Gasteiger partial charge < -0.3 is 15.0 Å². The number of amides is 2. The van der Waals surface area contributed by atoms with E-state index in [4.69, 9.17) is 16.3 Å². The second-order valence-corrected chi connectivity index (χ2v) is 12.1. The number of hydrogen-bond acceptors (Lipinski definition) is 5. The fraction of sp³-hybridized carbons (Fsp3) is 0.462. The molecule has 198 valence electrons. The Balaban J connectivity index is 2.21. The molecule has 2 amide bonds. The zero-order chi connectivity index (χ0) is 27.1. The van der Waals surface area contributed by atoms with Crippen molar-refractivity contribution >= 4 is 39.1 Å². The molecule has 1 atom stereocenters. The van der Waals surface area contributed by atoms with Crippen molar-refractivity contribution in [2.75, 3.05) is 24.2 Å². The van der Waals surface area contributed by atoms with Gasteiger partial charge in [-0.1, -0.05) is 29.8 Å². The molecular formula is C26H36ClN3O5S. The Hall–Kier alpha value is -2.78. The summed E-state index contributed by atoms with van der Waals surface area (Å²) < 4.78 is 31.3. The van der Waals surface area contributed by atoms with Gasteiger partial charge in [0.15, 0.2) is 0 Å². The van der Waals surface area contributed by atoms with E-state index in [2.05, 4.69) is 5.32 Å². The van der Waals surface area contributed by atoms with Crippen molar-refractivity contribution in [1.29, 1.82) is 0 Å². The summed E-state index contributed by atoms with van der Waals surface area (Å²) in [4.78, 5) is 27.8. The Labute approximate surface area is 219 Å². The number of carbonyl (C=O) groups is 2. The maximum atomic E-state index is 13.4. The lowest BCUT2D eigenvalue weighted by Crippen LogP contribution is -2.52. The van der Waals surface area contributed by atoms with Crippen LogP contribution in [0.2, 0.25) is 5.02 Å². The van der Waals surface area contributed by atoms with Crippen molar-refractivity contribution in [3.8, 4) is 5.75 Å². The summed E-state index contributed by atoms with van der Waals surface area (Å²) in [5.41, 5.74) is 0.793. The lowest BCUT2D eigenvalue weighted by atomic mass is 10.1. The number of methoxy groups -OCH3 is 1. The maximum Gasteiger partial charge on any atom is 0.242 e. The highest BCUT2D eigenvalue weighted by atomic mass is 35.5. The van der Waals surface area contributed by atoms with Gasteiger partial charge in [-0.05, 0) is 70.0 Å². The maximum absolute atomic E-state index is 13.4. The summed E-state index contributed by atoms with van der Waals surface area (Å²) >= 11 is 6.04. The van der Waals surface area contributed by atoms with Crippen LogP contribution in [0.3, 0.4) is 0 Å². The molecule has 0 radical (unpaired) electrons. The van der Waals surface area contributed by atoms with E-state index < -0.39 is 21.6 Å². The third kappa shape index (κ3) is 9.02. The fourth-order valence-electron chi connectivity index (χ4n) is 3.66. The Morgan fingerprint density at radius 1 is 1.11 bits per heavy atom. The molecule has 8 nitrogen and oxygen atoms in total. The summed E-state index contributed by atoms with van der Waals surface area (Å²) in [6.45, 7) is 7.62. The molecule has 2 rings (SSSR count). The number of anilines is 1. The quantitative estimate of drug-likeness (QED) is 0.463. The molecule has 0 saturated heterocycles. The molecule has 0 spiro atoms. The first kappa shape index (κ1) is 29.5. The van der Waals surface area contributed by atoms with Crippen molar-refractivity contribution in [3.05, 3.63) is 59.1 Å². The highest BCUT2D eigenvalue weighted by Crippen LogP contribution is 2.23. The van der Waals surface area contributed by atoms with Crippen LogP contribution in [0.4, 0.5) is 5.69 Å². The van der Waals surface area contributed by atoms with E-state index in [0.717, 1.165) is 11.8 Å². The van der Waals surface area contributed by atoms with Crippen molar-refractivity contribution in [3.63, 3.8) is 0 Å². The fourth-order valence-corrected chi connectivity index (χ4v) is 4.80. The van der Waals surface area contributed by atoms with E-state index in [1.807, 2.05) is 39.0 Å². The first-order valence-corrected chi connectivity index (χ1v) is 13.9. The molecule has 36 heavy (non-hydrogen) atoms. The smallest absolute Gasteiger partial charge is 0.242 e. The largest absolute Gasteiger partial charge is 0.497 e. The molecule has 0 aromatic heterocycles. The first-order chi connectivity index (χ1) is 16.7. The monoisotopic (exact) mass is 537 g/mol. The van der Waals surface area contributed by atoms with Gasteiger partial charge in [-0.2, -0.15) is 0 Å². The topological polar surface area (TPSA) is 96.0 Å². The Morgan fingerprint density at radius 3 is 2.36 bits per heavy atom. The summed E-state index contributed by atoms with van der Waals surface area (Å²) in [7, 11) is -2.02. The average molecular weight is 538 g/mol. The van der Waals surface area contributed by atoms with E-state index in [-0.39, 0.29) is 37.7 Å². The Bertz CT molecular complexity index is 1160. The van der Waals surface area contributed by atoms with Gasteiger partial charge in [0.05, 0.1) is 19.1 Å². The number of sulfonamides is 1. The van der Waals surface area contributed by atoms with Crippen LogP contribution < -0.4 is 14.4 Å². The van der Waals surface area contributed by atoms with Crippen molar-refractivity contribution < 1.29 is 22.7 Å². The second kappa shape index (κ2) is 12.5. The van der Waals surface area contributed by atoms with Gasteiger partial charge in [-0.3, -0.25) is 13.9 Å². The van der Waals surface area contributed by atoms with Gasteiger partial charge in [0.25, 0.3) is 0 Å². The predicted octanol–water partition coefficient (Wildman–Crippen LogP) is 4.23. The van der Waals surface area contributed by atoms with E-state index in [9.17, 15) is 18.0 Å². The molecule has 0 saturated carbocycles. The number of rotatable bonds is 11. The molecule has 0 unspecified atom stereocenters. The minimum absolute atomic E-state index is 0.0592. The number of nitrogens with zero attached hydrogens (tertiary/aromatic N) is 2. The first-order valence-electron chi connectivity index (χ1n) is 11.7. The molecule has 2 aromatic carbocycles. The zero-order valence-electron chi connectivity index (χ0n) is 21.7. The minimum Gasteiger partial charge on any atom is -0.497 e. The molecule has 0 fully saturated rings. The van der Waals surface area contributed by atoms with Gasteiger partial charge >= 0.3 is 0 Å². The van der Waals surface area contributed by atoms with E-state index >= 15 is 0 Å². The van der Waals surface area contributed by atoms with E-state index in [0.29, 0.717) is 16.5 Å². The van der Waals surface area contributed by atoms with Crippen molar-refractivity contribution in [1.82, 2.24) is 10.2 Å². The summed E-state index contributed by atoms with van der Waals surface area (Å²) in [5, 5.41) is 3.34. The number of halogens is 1. The third-order valence-electron chi connectivity index (χ3n) is 5.40.